The van der Waals surface area contributed by atoms with E-state index in [1.54, 1.807) is 6.92 Å². The lowest BCUT2D eigenvalue weighted by atomic mass is 9.99. The second kappa shape index (κ2) is 6.24. The van der Waals surface area contributed by atoms with E-state index in [4.69, 9.17) is 16.1 Å². The van der Waals surface area contributed by atoms with Gasteiger partial charge in [0.05, 0.1) is 23.5 Å². The molecule has 0 aliphatic carbocycles. The van der Waals surface area contributed by atoms with Crippen LogP contribution in [-0.4, -0.2) is 23.7 Å². The Kier molecular flexibility index (Phi) is 4.31. The van der Waals surface area contributed by atoms with Gasteiger partial charge in [-0.3, -0.25) is 4.79 Å². The molecular formula is C17H20ClN3O2. The Hall–Kier alpha value is -2.01. The Morgan fingerprint density at radius 2 is 2.22 bits per heavy atom. The molecule has 2 heterocycles. The Bertz CT molecular complexity index is 707. The summed E-state index contributed by atoms with van der Waals surface area (Å²) >= 11 is 6.00. The van der Waals surface area contributed by atoms with Crippen LogP contribution in [-0.2, 0) is 11.2 Å². The lowest BCUT2D eigenvalue weighted by Crippen LogP contribution is -2.47. The molecule has 0 spiro atoms. The van der Waals surface area contributed by atoms with Crippen molar-refractivity contribution in [2.75, 3.05) is 16.8 Å². The van der Waals surface area contributed by atoms with Crippen molar-refractivity contribution < 1.29 is 9.32 Å². The first kappa shape index (κ1) is 15.9. The highest BCUT2D eigenvalue weighted by Crippen LogP contribution is 2.33. The van der Waals surface area contributed by atoms with Crippen LogP contribution in [0.25, 0.3) is 0 Å². The predicted molar refractivity (Wildman–Crippen MR) is 91.0 cm³/mol. The molecule has 0 unspecified atom stereocenters. The summed E-state index contributed by atoms with van der Waals surface area (Å²) in [6.45, 7) is 6.72. The average molecular weight is 334 g/mol. The van der Waals surface area contributed by atoms with Gasteiger partial charge in [-0.05, 0) is 36.6 Å². The van der Waals surface area contributed by atoms with E-state index in [1.165, 1.54) is 0 Å². The van der Waals surface area contributed by atoms with E-state index in [1.807, 2.05) is 29.2 Å². The fraction of sp³-hybridized carbons (Fsp3) is 0.412. The van der Waals surface area contributed by atoms with Crippen LogP contribution >= 0.6 is 11.6 Å². The summed E-state index contributed by atoms with van der Waals surface area (Å²) < 4.78 is 4.94. The Balaban J connectivity index is 1.90. The number of hydrogen-bond donors (Lipinski definition) is 1. The van der Waals surface area contributed by atoms with Gasteiger partial charge >= 0.3 is 0 Å². The van der Waals surface area contributed by atoms with Crippen molar-refractivity contribution in [3.8, 4) is 0 Å². The Labute approximate surface area is 140 Å². The van der Waals surface area contributed by atoms with Crippen LogP contribution in [0, 0.1) is 12.8 Å². The zero-order valence-electron chi connectivity index (χ0n) is 13.5. The third-order valence-corrected chi connectivity index (χ3v) is 4.58. The van der Waals surface area contributed by atoms with Crippen LogP contribution in [0.4, 0.5) is 11.4 Å². The van der Waals surface area contributed by atoms with Gasteiger partial charge in [-0.2, -0.15) is 0 Å². The molecule has 1 amide bonds. The molecule has 0 bridgehead atoms. The molecule has 23 heavy (non-hydrogen) atoms. The summed E-state index contributed by atoms with van der Waals surface area (Å²) in [5.41, 5.74) is 3.21. The standard InChI is InChI=1S/C17H20ClN3O2/c1-10(2)14-9-21(15-7-5-4-6-13(15)19-14)16(22)8-12-11(3)20-23-17(12)18/h4-7,10,14,19H,8-9H2,1-3H3/t14-/m1/s1. The maximum absolute atomic E-state index is 12.9. The molecule has 0 radical (unpaired) electrons. The molecule has 6 heteroatoms. The average Bonchev–Trinajstić information content (AvgIpc) is 2.85. The minimum absolute atomic E-state index is 0.00204. The van der Waals surface area contributed by atoms with Crippen molar-refractivity contribution in [2.45, 2.75) is 33.2 Å². The summed E-state index contributed by atoms with van der Waals surface area (Å²) in [6, 6.07) is 8.08. The van der Waals surface area contributed by atoms with Gasteiger partial charge in [0, 0.05) is 18.2 Å². The Morgan fingerprint density at radius 3 is 2.87 bits per heavy atom. The van der Waals surface area contributed by atoms with Gasteiger partial charge in [0.15, 0.2) is 0 Å². The van der Waals surface area contributed by atoms with E-state index in [0.29, 0.717) is 23.7 Å². The zero-order chi connectivity index (χ0) is 16.6. The molecule has 2 aromatic rings. The number of rotatable bonds is 3. The van der Waals surface area contributed by atoms with Gasteiger partial charge in [0.1, 0.15) is 0 Å². The van der Waals surface area contributed by atoms with Crippen LogP contribution < -0.4 is 10.2 Å². The van der Waals surface area contributed by atoms with Crippen LogP contribution in [0.15, 0.2) is 28.8 Å². The quantitative estimate of drug-likeness (QED) is 0.931. The lowest BCUT2D eigenvalue weighted by Gasteiger charge is -2.37. The first-order valence-corrected chi connectivity index (χ1v) is 8.11. The SMILES string of the molecule is Cc1noc(Cl)c1CC(=O)N1C[C@H](C(C)C)Nc2ccccc21. The number of para-hydroxylation sites is 2. The summed E-state index contributed by atoms with van der Waals surface area (Å²) in [5.74, 6) is 0.414. The fourth-order valence-corrected chi connectivity index (χ4v) is 3.03. The second-order valence-electron chi connectivity index (χ2n) is 6.21. The number of nitrogens with one attached hydrogen (secondary N) is 1. The van der Waals surface area contributed by atoms with E-state index in [-0.39, 0.29) is 23.6 Å². The molecule has 3 rings (SSSR count). The van der Waals surface area contributed by atoms with Crippen LogP contribution in [0.3, 0.4) is 0 Å². The molecule has 5 nitrogen and oxygen atoms in total. The number of anilines is 2. The monoisotopic (exact) mass is 333 g/mol. The first-order chi connectivity index (χ1) is 11.0. The maximum atomic E-state index is 12.9. The number of halogens is 1. The van der Waals surface area contributed by atoms with Crippen molar-refractivity contribution >= 4 is 28.9 Å². The van der Waals surface area contributed by atoms with Crippen LogP contribution in [0.5, 0.6) is 0 Å². The highest BCUT2D eigenvalue weighted by atomic mass is 35.5. The molecule has 1 atom stereocenters. The molecule has 0 fully saturated rings. The largest absolute Gasteiger partial charge is 0.379 e. The highest BCUT2D eigenvalue weighted by molar-refractivity contribution is 6.29. The van der Waals surface area contributed by atoms with Gasteiger partial charge in [-0.1, -0.05) is 31.1 Å². The van der Waals surface area contributed by atoms with Gasteiger partial charge in [0.2, 0.25) is 11.1 Å². The number of fused-ring (bicyclic) bond motifs is 1. The van der Waals surface area contributed by atoms with Crippen molar-refractivity contribution in [3.63, 3.8) is 0 Å². The van der Waals surface area contributed by atoms with E-state index in [0.717, 1.165) is 11.4 Å². The molecule has 1 aromatic carbocycles. The van der Waals surface area contributed by atoms with E-state index in [2.05, 4.69) is 24.3 Å². The van der Waals surface area contributed by atoms with Gasteiger partial charge in [-0.25, -0.2) is 0 Å². The van der Waals surface area contributed by atoms with Gasteiger partial charge < -0.3 is 14.7 Å². The number of nitrogens with zero attached hydrogens (tertiary/aromatic N) is 2. The summed E-state index contributed by atoms with van der Waals surface area (Å²) in [4.78, 5) is 14.7. The predicted octanol–water partition coefficient (Wildman–Crippen LogP) is 3.66. The van der Waals surface area contributed by atoms with Crippen molar-refractivity contribution in [2.24, 2.45) is 5.92 Å². The molecule has 1 aliphatic heterocycles. The number of amides is 1. The second-order valence-corrected chi connectivity index (χ2v) is 6.56. The van der Waals surface area contributed by atoms with Crippen LogP contribution in [0.1, 0.15) is 25.1 Å². The molecule has 0 saturated carbocycles. The first-order valence-electron chi connectivity index (χ1n) is 7.74. The van der Waals surface area contributed by atoms with Gasteiger partial charge in [0.25, 0.3) is 0 Å². The minimum Gasteiger partial charge on any atom is -0.379 e. The minimum atomic E-state index is -0.00204. The summed E-state index contributed by atoms with van der Waals surface area (Å²) in [5, 5.41) is 7.52. The molecule has 122 valence electrons. The number of hydrogen-bond acceptors (Lipinski definition) is 4. The third-order valence-electron chi connectivity index (χ3n) is 4.29. The summed E-state index contributed by atoms with van der Waals surface area (Å²) in [7, 11) is 0. The molecule has 1 aromatic heterocycles. The van der Waals surface area contributed by atoms with Gasteiger partial charge in [-0.15, -0.1) is 0 Å². The van der Waals surface area contributed by atoms with Crippen molar-refractivity contribution in [1.29, 1.82) is 0 Å². The number of aryl methyl sites for hydroxylation is 1. The maximum Gasteiger partial charge on any atom is 0.231 e. The number of carbonyl (C=O) groups is 1. The van der Waals surface area contributed by atoms with Crippen molar-refractivity contribution in [3.05, 3.63) is 40.7 Å². The smallest absolute Gasteiger partial charge is 0.231 e. The zero-order valence-corrected chi connectivity index (χ0v) is 14.2. The number of aromatic nitrogens is 1. The number of carbonyl (C=O) groups excluding carboxylic acids is 1. The molecule has 1 aliphatic rings. The topological polar surface area (TPSA) is 58.4 Å². The van der Waals surface area contributed by atoms with Crippen LogP contribution in [0.2, 0.25) is 5.22 Å². The molecular weight excluding hydrogens is 314 g/mol. The molecule has 0 saturated heterocycles. The van der Waals surface area contributed by atoms with E-state index >= 15 is 0 Å². The third kappa shape index (κ3) is 3.06. The fourth-order valence-electron chi connectivity index (χ4n) is 2.79. The lowest BCUT2D eigenvalue weighted by molar-refractivity contribution is -0.118. The molecule has 1 N–H and O–H groups in total. The Morgan fingerprint density at radius 1 is 1.48 bits per heavy atom. The summed E-state index contributed by atoms with van der Waals surface area (Å²) in [6.07, 6.45) is 0.188. The van der Waals surface area contributed by atoms with E-state index in [9.17, 15) is 4.79 Å². The highest BCUT2D eigenvalue weighted by Gasteiger charge is 2.30. The number of benzene rings is 1. The normalized spacial score (nSPS) is 17.1. The van der Waals surface area contributed by atoms with E-state index < -0.39 is 0 Å². The van der Waals surface area contributed by atoms with Crippen molar-refractivity contribution in [1.82, 2.24) is 5.16 Å².